The predicted molar refractivity (Wildman–Crippen MR) is 103 cm³/mol. The van der Waals surface area contributed by atoms with E-state index in [4.69, 9.17) is 4.74 Å². The van der Waals surface area contributed by atoms with Crippen molar-refractivity contribution in [2.75, 3.05) is 25.0 Å². The zero-order valence-corrected chi connectivity index (χ0v) is 15.4. The number of nitrogens with one attached hydrogen (secondary N) is 1. The number of ether oxygens (including phenoxy) is 1. The van der Waals surface area contributed by atoms with Crippen LogP contribution in [0.3, 0.4) is 0 Å². The fourth-order valence-corrected chi connectivity index (χ4v) is 2.71. The van der Waals surface area contributed by atoms with E-state index in [0.29, 0.717) is 13.0 Å². The van der Waals surface area contributed by atoms with Crippen molar-refractivity contribution >= 4 is 11.6 Å². The lowest BCUT2D eigenvalue weighted by Gasteiger charge is -2.18. The van der Waals surface area contributed by atoms with Crippen LogP contribution >= 0.6 is 0 Å². The Hall–Kier alpha value is -2.33. The van der Waals surface area contributed by atoms with Crippen LogP contribution in [0.5, 0.6) is 5.75 Å². The van der Waals surface area contributed by atoms with Crippen LogP contribution in [0, 0.1) is 0 Å². The number of carbonyl (C=O) groups excluding carboxylic acids is 1. The third-order valence-electron chi connectivity index (χ3n) is 4.11. The van der Waals surface area contributed by atoms with Gasteiger partial charge in [-0.25, -0.2) is 0 Å². The number of benzene rings is 2. The summed E-state index contributed by atoms with van der Waals surface area (Å²) in [6.07, 6.45) is 0.354. The highest BCUT2D eigenvalue weighted by Gasteiger charge is 2.06. The third-order valence-corrected chi connectivity index (χ3v) is 4.11. The molecule has 0 bridgehead atoms. The van der Waals surface area contributed by atoms with Gasteiger partial charge in [0.15, 0.2) is 0 Å². The van der Waals surface area contributed by atoms with Gasteiger partial charge in [0.05, 0.1) is 13.0 Å². The topological polar surface area (TPSA) is 41.6 Å². The summed E-state index contributed by atoms with van der Waals surface area (Å²) in [5.74, 6) is 0.819. The van der Waals surface area contributed by atoms with Crippen molar-refractivity contribution in [2.45, 2.75) is 33.7 Å². The molecule has 1 N–H and O–H groups in total. The van der Waals surface area contributed by atoms with Crippen LogP contribution in [0.4, 0.5) is 5.69 Å². The Balaban J connectivity index is 1.93. The van der Waals surface area contributed by atoms with Gasteiger partial charge in [-0.3, -0.25) is 9.69 Å². The van der Waals surface area contributed by atoms with E-state index in [9.17, 15) is 4.79 Å². The average molecular weight is 340 g/mol. The molecule has 0 aliphatic carbocycles. The van der Waals surface area contributed by atoms with Crippen LogP contribution < -0.4 is 10.1 Å². The van der Waals surface area contributed by atoms with Gasteiger partial charge in [-0.05, 0) is 55.4 Å². The Bertz CT molecular complexity index is 664. The Morgan fingerprint density at radius 3 is 2.36 bits per heavy atom. The normalized spacial score (nSPS) is 10.7. The molecule has 0 aliphatic rings. The van der Waals surface area contributed by atoms with Gasteiger partial charge in [-0.1, -0.05) is 38.1 Å². The van der Waals surface area contributed by atoms with Crippen LogP contribution in [-0.4, -0.2) is 30.5 Å². The molecule has 4 heteroatoms. The molecule has 0 heterocycles. The quantitative estimate of drug-likeness (QED) is 0.747. The minimum absolute atomic E-state index is 0.0100. The largest absolute Gasteiger partial charge is 0.494 e. The van der Waals surface area contributed by atoms with Crippen LogP contribution in [0.1, 0.15) is 31.9 Å². The van der Waals surface area contributed by atoms with Crippen molar-refractivity contribution < 1.29 is 9.53 Å². The molecular formula is C21H28N2O2. The lowest BCUT2D eigenvalue weighted by Crippen LogP contribution is -2.22. The molecule has 0 aromatic heterocycles. The first-order chi connectivity index (χ1) is 12.1. The number of carbonyl (C=O) groups is 1. The number of hydrogen-bond acceptors (Lipinski definition) is 3. The maximum atomic E-state index is 12.3. The lowest BCUT2D eigenvalue weighted by atomic mass is 10.1. The molecule has 2 aromatic carbocycles. The smallest absolute Gasteiger partial charge is 0.228 e. The minimum atomic E-state index is -0.0100. The molecule has 1 amide bonds. The van der Waals surface area contributed by atoms with Crippen molar-refractivity contribution in [3.63, 3.8) is 0 Å². The van der Waals surface area contributed by atoms with E-state index in [0.717, 1.165) is 36.6 Å². The summed E-state index contributed by atoms with van der Waals surface area (Å²) in [6.45, 7) is 9.85. The monoisotopic (exact) mass is 340 g/mol. The van der Waals surface area contributed by atoms with Gasteiger partial charge < -0.3 is 10.1 Å². The summed E-state index contributed by atoms with van der Waals surface area (Å²) in [5.41, 5.74) is 3.03. The maximum absolute atomic E-state index is 12.3. The zero-order valence-electron chi connectivity index (χ0n) is 15.4. The van der Waals surface area contributed by atoms with Crippen molar-refractivity contribution in [2.24, 2.45) is 0 Å². The van der Waals surface area contributed by atoms with Crippen LogP contribution in [-0.2, 0) is 17.8 Å². The maximum Gasteiger partial charge on any atom is 0.228 e. The fourth-order valence-electron chi connectivity index (χ4n) is 2.71. The van der Waals surface area contributed by atoms with Gasteiger partial charge >= 0.3 is 0 Å². The molecule has 2 rings (SSSR count). The third kappa shape index (κ3) is 6.24. The molecule has 0 saturated carbocycles. The van der Waals surface area contributed by atoms with Crippen molar-refractivity contribution in [1.82, 2.24) is 4.90 Å². The number of rotatable bonds is 9. The fraction of sp³-hybridized carbons (Fsp3) is 0.381. The Kier molecular flexibility index (Phi) is 7.48. The second-order valence-corrected chi connectivity index (χ2v) is 5.96. The first-order valence-corrected chi connectivity index (χ1v) is 8.97. The Labute approximate surface area is 150 Å². The summed E-state index contributed by atoms with van der Waals surface area (Å²) in [5, 5.41) is 2.99. The molecule has 4 nitrogen and oxygen atoms in total. The molecule has 134 valence electrons. The summed E-state index contributed by atoms with van der Waals surface area (Å²) >= 11 is 0. The second kappa shape index (κ2) is 9.84. The van der Waals surface area contributed by atoms with Crippen molar-refractivity contribution in [3.8, 4) is 5.75 Å². The summed E-state index contributed by atoms with van der Waals surface area (Å²) in [6, 6.07) is 15.7. The van der Waals surface area contributed by atoms with Crippen LogP contribution in [0.25, 0.3) is 0 Å². The molecule has 0 aliphatic heterocycles. The van der Waals surface area contributed by atoms with E-state index in [1.54, 1.807) is 0 Å². The van der Waals surface area contributed by atoms with Gasteiger partial charge in [0.2, 0.25) is 5.91 Å². The molecule has 25 heavy (non-hydrogen) atoms. The lowest BCUT2D eigenvalue weighted by molar-refractivity contribution is -0.115. The summed E-state index contributed by atoms with van der Waals surface area (Å²) in [7, 11) is 0. The van der Waals surface area contributed by atoms with Crippen molar-refractivity contribution in [3.05, 3.63) is 59.7 Å². The summed E-state index contributed by atoms with van der Waals surface area (Å²) < 4.78 is 5.42. The SMILES string of the molecule is CCOc1ccc(CC(=O)Nc2cccc(CN(CC)CC)c2)cc1. The van der Waals surface area contributed by atoms with E-state index in [-0.39, 0.29) is 5.91 Å². The van der Waals surface area contributed by atoms with E-state index in [1.807, 2.05) is 43.3 Å². The number of hydrogen-bond donors (Lipinski definition) is 1. The first kappa shape index (κ1) is 19.0. The number of anilines is 1. The number of amides is 1. The molecule has 2 aromatic rings. The first-order valence-electron chi connectivity index (χ1n) is 8.97. The molecule has 0 unspecified atom stereocenters. The molecule has 0 saturated heterocycles. The molecular weight excluding hydrogens is 312 g/mol. The standard InChI is InChI=1S/C21H28N2O2/c1-4-23(5-2)16-18-8-7-9-19(14-18)22-21(24)15-17-10-12-20(13-11-17)25-6-3/h7-14H,4-6,15-16H2,1-3H3,(H,22,24). The Morgan fingerprint density at radius 2 is 1.72 bits per heavy atom. The second-order valence-electron chi connectivity index (χ2n) is 5.96. The zero-order chi connectivity index (χ0) is 18.1. The van der Waals surface area contributed by atoms with Gasteiger partial charge in [0.25, 0.3) is 0 Å². The van der Waals surface area contributed by atoms with Gasteiger partial charge in [-0.15, -0.1) is 0 Å². The minimum Gasteiger partial charge on any atom is -0.494 e. The average Bonchev–Trinajstić information content (AvgIpc) is 2.62. The molecule has 0 spiro atoms. The predicted octanol–water partition coefficient (Wildman–Crippen LogP) is 4.11. The number of nitrogens with zero attached hydrogens (tertiary/aromatic N) is 1. The van der Waals surface area contributed by atoms with Crippen LogP contribution in [0.15, 0.2) is 48.5 Å². The molecule has 0 atom stereocenters. The van der Waals surface area contributed by atoms with Gasteiger partial charge in [0.1, 0.15) is 5.75 Å². The highest BCUT2D eigenvalue weighted by molar-refractivity contribution is 5.92. The van der Waals surface area contributed by atoms with Gasteiger partial charge in [0, 0.05) is 12.2 Å². The Morgan fingerprint density at radius 1 is 1.00 bits per heavy atom. The highest BCUT2D eigenvalue weighted by Crippen LogP contribution is 2.15. The summed E-state index contributed by atoms with van der Waals surface area (Å²) in [4.78, 5) is 14.6. The van der Waals surface area contributed by atoms with Crippen LogP contribution in [0.2, 0.25) is 0 Å². The van der Waals surface area contributed by atoms with E-state index in [1.165, 1.54) is 5.56 Å². The van der Waals surface area contributed by atoms with E-state index < -0.39 is 0 Å². The molecule has 0 fully saturated rings. The molecule has 0 radical (unpaired) electrons. The van der Waals surface area contributed by atoms with Crippen molar-refractivity contribution in [1.29, 1.82) is 0 Å². The highest BCUT2D eigenvalue weighted by atomic mass is 16.5. The van der Waals surface area contributed by atoms with E-state index >= 15 is 0 Å². The van der Waals surface area contributed by atoms with Gasteiger partial charge in [-0.2, -0.15) is 0 Å². The van der Waals surface area contributed by atoms with E-state index in [2.05, 4.69) is 36.2 Å².